The Balaban J connectivity index is 1.46. The molecule has 2 aromatic heterocycles. The van der Waals surface area contributed by atoms with E-state index < -0.39 is 42.1 Å². The van der Waals surface area contributed by atoms with E-state index >= 15 is 0 Å². The highest BCUT2D eigenvalue weighted by Crippen LogP contribution is 2.40. The second-order valence-corrected chi connectivity index (χ2v) is 11.5. The van der Waals surface area contributed by atoms with Gasteiger partial charge in [0.2, 0.25) is 0 Å². The molecule has 39 heavy (non-hydrogen) atoms. The van der Waals surface area contributed by atoms with Crippen molar-refractivity contribution in [2.75, 3.05) is 0 Å². The average Bonchev–Trinajstić information content (AvgIpc) is 3.51. The fourth-order valence-corrected chi connectivity index (χ4v) is 5.36. The third-order valence-corrected chi connectivity index (χ3v) is 8.38. The quantitative estimate of drug-likeness (QED) is 0.310. The summed E-state index contributed by atoms with van der Waals surface area (Å²) < 4.78 is 60.6. The van der Waals surface area contributed by atoms with Gasteiger partial charge in [0.1, 0.15) is 28.1 Å². The molecule has 1 fully saturated rings. The highest BCUT2D eigenvalue weighted by molar-refractivity contribution is 7.16. The van der Waals surface area contributed by atoms with Crippen LogP contribution in [0.15, 0.2) is 54.9 Å². The first-order chi connectivity index (χ1) is 18.2. The van der Waals surface area contributed by atoms with Crippen LogP contribution in [-0.4, -0.2) is 33.8 Å². The molecule has 1 aliphatic rings. The highest BCUT2D eigenvalue weighted by atomic mass is 32.1. The number of ether oxygens (including phenoxy) is 1. The van der Waals surface area contributed by atoms with Crippen LogP contribution in [0, 0.1) is 0 Å². The molecule has 0 radical (unpaired) electrons. The molecular formula is C27H27BF3N3O4S. The predicted octanol–water partition coefficient (Wildman–Crippen LogP) is 5.64. The number of hydrogen-bond donors (Lipinski definition) is 1. The van der Waals surface area contributed by atoms with Gasteiger partial charge in [0.05, 0.1) is 27.8 Å². The van der Waals surface area contributed by atoms with Gasteiger partial charge >= 0.3 is 13.3 Å². The molecule has 5 rings (SSSR count). The lowest BCUT2D eigenvalue weighted by atomic mass is 9.79. The Hall–Kier alpha value is -3.35. The van der Waals surface area contributed by atoms with E-state index in [4.69, 9.17) is 19.8 Å². The van der Waals surface area contributed by atoms with Crippen LogP contribution in [0.5, 0.6) is 5.75 Å². The molecule has 2 N–H and O–H groups in total. The molecular weight excluding hydrogens is 530 g/mol. The van der Waals surface area contributed by atoms with Gasteiger partial charge in [-0.15, -0.1) is 11.3 Å². The zero-order valence-corrected chi connectivity index (χ0v) is 22.8. The first kappa shape index (κ1) is 27.2. The number of benzene rings is 2. The second kappa shape index (κ2) is 9.39. The number of hydrogen-bond acceptors (Lipinski definition) is 6. The van der Waals surface area contributed by atoms with Crippen LogP contribution in [0.4, 0.5) is 13.2 Å². The molecule has 1 amide bonds. The third kappa shape index (κ3) is 4.92. The van der Waals surface area contributed by atoms with Gasteiger partial charge in [-0.05, 0) is 58.3 Å². The van der Waals surface area contributed by atoms with E-state index in [1.807, 2.05) is 45.9 Å². The Bertz CT molecular complexity index is 1550. The summed E-state index contributed by atoms with van der Waals surface area (Å²) in [5, 5.41) is 0.570. The third-order valence-electron chi connectivity index (χ3n) is 7.25. The molecule has 0 aliphatic carbocycles. The number of thiophene rings is 1. The Morgan fingerprint density at radius 1 is 1.10 bits per heavy atom. The van der Waals surface area contributed by atoms with Crippen LogP contribution in [0.2, 0.25) is 0 Å². The number of carbonyl (C=O) groups excluding carboxylic acids is 1. The molecule has 2 aromatic carbocycles. The van der Waals surface area contributed by atoms with E-state index in [0.717, 1.165) is 28.4 Å². The van der Waals surface area contributed by atoms with Crippen molar-refractivity contribution in [2.24, 2.45) is 5.73 Å². The van der Waals surface area contributed by atoms with Crippen molar-refractivity contribution in [3.8, 4) is 10.8 Å². The lowest BCUT2D eigenvalue weighted by Gasteiger charge is -2.32. The molecule has 12 heteroatoms. The Morgan fingerprint density at radius 2 is 1.77 bits per heavy atom. The number of primary amides is 1. The number of imidazole rings is 1. The lowest BCUT2D eigenvalue weighted by molar-refractivity contribution is -0.139. The summed E-state index contributed by atoms with van der Waals surface area (Å²) in [4.78, 5) is 16.8. The Labute approximate surface area is 227 Å². The van der Waals surface area contributed by atoms with Crippen LogP contribution >= 0.6 is 11.3 Å². The average molecular weight is 557 g/mol. The molecule has 204 valence electrons. The molecule has 1 saturated heterocycles. The Kier molecular flexibility index (Phi) is 6.56. The summed E-state index contributed by atoms with van der Waals surface area (Å²) in [6.07, 6.45) is -3.94. The standard InChI is InChI=1S/C27H27BF3N3O4S/c1-15(17-8-6-7-9-18(17)27(29,30)31)36-21-13-22(39-23(21)24(32)35)34-14-33-19-12-16(10-11-20(19)34)28-37-25(2,3)26(4,5)38-28/h6-15H,1-5H3,(H2,32,35)/t15-/m1/s1. The van der Waals surface area contributed by atoms with Gasteiger partial charge < -0.3 is 19.8 Å². The zero-order valence-electron chi connectivity index (χ0n) is 22.0. The monoisotopic (exact) mass is 557 g/mol. The van der Waals surface area contributed by atoms with Crippen molar-refractivity contribution in [3.63, 3.8) is 0 Å². The topological polar surface area (TPSA) is 88.6 Å². The number of amides is 1. The number of carbonyl (C=O) groups is 1. The van der Waals surface area contributed by atoms with E-state index in [1.54, 1.807) is 17.0 Å². The fraction of sp³-hybridized carbons (Fsp3) is 0.333. The summed E-state index contributed by atoms with van der Waals surface area (Å²) in [6, 6.07) is 12.4. The van der Waals surface area contributed by atoms with Gasteiger partial charge in [-0.1, -0.05) is 24.3 Å². The van der Waals surface area contributed by atoms with Gasteiger partial charge in [0.25, 0.3) is 5.91 Å². The van der Waals surface area contributed by atoms with Crippen LogP contribution in [0.25, 0.3) is 16.0 Å². The first-order valence-corrected chi connectivity index (χ1v) is 13.1. The number of halogens is 3. The van der Waals surface area contributed by atoms with Gasteiger partial charge in [-0.25, -0.2) is 4.98 Å². The van der Waals surface area contributed by atoms with E-state index in [-0.39, 0.29) is 16.2 Å². The van der Waals surface area contributed by atoms with Crippen molar-refractivity contribution in [1.29, 1.82) is 0 Å². The summed E-state index contributed by atoms with van der Waals surface area (Å²) >= 11 is 1.07. The smallest absolute Gasteiger partial charge is 0.484 e. The van der Waals surface area contributed by atoms with Crippen molar-refractivity contribution in [2.45, 2.75) is 58.1 Å². The van der Waals surface area contributed by atoms with E-state index in [0.29, 0.717) is 10.5 Å². The van der Waals surface area contributed by atoms with E-state index in [1.165, 1.54) is 25.1 Å². The van der Waals surface area contributed by atoms with Crippen molar-refractivity contribution >= 4 is 40.9 Å². The van der Waals surface area contributed by atoms with Gasteiger partial charge in [0, 0.05) is 11.6 Å². The maximum Gasteiger partial charge on any atom is 0.494 e. The summed E-state index contributed by atoms with van der Waals surface area (Å²) in [7, 11) is -0.547. The van der Waals surface area contributed by atoms with Gasteiger partial charge in [-0.3, -0.25) is 9.36 Å². The molecule has 4 aromatic rings. The van der Waals surface area contributed by atoms with Crippen LogP contribution < -0.4 is 15.9 Å². The second-order valence-electron chi connectivity index (χ2n) is 10.4. The van der Waals surface area contributed by atoms with Gasteiger partial charge in [-0.2, -0.15) is 13.2 Å². The number of aromatic nitrogens is 2. The molecule has 3 heterocycles. The normalized spacial score (nSPS) is 17.5. The van der Waals surface area contributed by atoms with E-state index in [2.05, 4.69) is 4.98 Å². The van der Waals surface area contributed by atoms with E-state index in [9.17, 15) is 18.0 Å². The molecule has 0 saturated carbocycles. The summed E-state index contributed by atoms with van der Waals surface area (Å²) in [6.45, 7) is 9.42. The van der Waals surface area contributed by atoms with Crippen molar-refractivity contribution < 1.29 is 32.0 Å². The Morgan fingerprint density at radius 3 is 2.41 bits per heavy atom. The molecule has 1 atom stereocenters. The maximum atomic E-state index is 13.5. The van der Waals surface area contributed by atoms with Crippen molar-refractivity contribution in [1.82, 2.24) is 9.55 Å². The minimum absolute atomic E-state index is 0.0449. The SMILES string of the molecule is C[C@@H](Oc1cc(-n2cnc3cc(B4OC(C)(C)C(C)(C)O4)ccc32)sc1C(N)=O)c1ccccc1C(F)(F)F. The molecule has 0 spiro atoms. The van der Waals surface area contributed by atoms with Crippen LogP contribution in [0.3, 0.4) is 0 Å². The first-order valence-electron chi connectivity index (χ1n) is 12.3. The molecule has 7 nitrogen and oxygen atoms in total. The predicted molar refractivity (Wildman–Crippen MR) is 144 cm³/mol. The van der Waals surface area contributed by atoms with Crippen LogP contribution in [0.1, 0.15) is 61.5 Å². The minimum Gasteiger partial charge on any atom is -0.484 e. The number of rotatable bonds is 6. The van der Waals surface area contributed by atoms with Crippen molar-refractivity contribution in [3.05, 3.63) is 70.9 Å². The minimum atomic E-state index is -4.55. The van der Waals surface area contributed by atoms with Gasteiger partial charge in [0.15, 0.2) is 0 Å². The summed E-state index contributed by atoms with van der Waals surface area (Å²) in [5.41, 5.74) is 6.02. The fourth-order valence-electron chi connectivity index (χ4n) is 4.43. The molecule has 0 unspecified atom stereocenters. The molecule has 1 aliphatic heterocycles. The summed E-state index contributed by atoms with van der Waals surface area (Å²) in [5.74, 6) is -0.646. The number of nitrogens with two attached hydrogens (primary N) is 1. The largest absolute Gasteiger partial charge is 0.494 e. The molecule has 0 bridgehead atoms. The highest BCUT2D eigenvalue weighted by Gasteiger charge is 2.51. The van der Waals surface area contributed by atoms with Crippen LogP contribution in [-0.2, 0) is 15.5 Å². The maximum absolute atomic E-state index is 13.5. The lowest BCUT2D eigenvalue weighted by Crippen LogP contribution is -2.41. The zero-order chi connectivity index (χ0) is 28.3. The number of fused-ring (bicyclic) bond motifs is 1. The number of alkyl halides is 3. The number of nitrogens with zero attached hydrogens (tertiary/aromatic N) is 2.